The quantitative estimate of drug-likeness (QED) is 0.931. The van der Waals surface area contributed by atoms with Gasteiger partial charge in [0.1, 0.15) is 0 Å². The lowest BCUT2D eigenvalue weighted by atomic mass is 10.1. The summed E-state index contributed by atoms with van der Waals surface area (Å²) in [7, 11) is -3.56. The Bertz CT molecular complexity index is 801. The number of nitrogens with two attached hydrogens (primary N) is 1. The normalized spacial score (nSPS) is 18.4. The van der Waals surface area contributed by atoms with Crippen molar-refractivity contribution in [3.63, 3.8) is 0 Å². The molecule has 1 amide bonds. The van der Waals surface area contributed by atoms with E-state index in [1.165, 1.54) is 0 Å². The van der Waals surface area contributed by atoms with Crippen LogP contribution in [0.15, 0.2) is 54.6 Å². The number of carbonyl (C=O) groups excluding carboxylic acids is 1. The number of rotatable bonds is 4. The minimum absolute atomic E-state index is 0.0638. The number of anilines is 1. The lowest BCUT2D eigenvalue weighted by Crippen LogP contribution is -2.27. The lowest BCUT2D eigenvalue weighted by Gasteiger charge is -2.17. The molecule has 2 aromatic carbocycles. The van der Waals surface area contributed by atoms with Crippen LogP contribution < -0.4 is 10.0 Å². The van der Waals surface area contributed by atoms with Crippen molar-refractivity contribution in [2.24, 2.45) is 11.1 Å². The van der Waals surface area contributed by atoms with Crippen molar-refractivity contribution in [3.8, 4) is 11.1 Å². The van der Waals surface area contributed by atoms with Crippen LogP contribution in [0.3, 0.4) is 0 Å². The molecule has 3 rings (SSSR count). The number of nitrogens with zero attached hydrogens (tertiary/aromatic N) is 1. The molecule has 0 spiro atoms. The number of benzene rings is 2. The van der Waals surface area contributed by atoms with Gasteiger partial charge in [-0.15, -0.1) is 0 Å². The summed E-state index contributed by atoms with van der Waals surface area (Å²) >= 11 is 0. The molecule has 1 unspecified atom stereocenters. The van der Waals surface area contributed by atoms with Gasteiger partial charge >= 0.3 is 0 Å². The third kappa shape index (κ3) is 3.78. The molecule has 1 aliphatic heterocycles. The van der Waals surface area contributed by atoms with E-state index in [9.17, 15) is 13.2 Å². The first-order valence-electron chi connectivity index (χ1n) is 7.39. The molecule has 0 bridgehead atoms. The Kier molecular flexibility index (Phi) is 4.19. The molecule has 5 nitrogen and oxygen atoms in total. The van der Waals surface area contributed by atoms with E-state index in [4.69, 9.17) is 5.14 Å². The molecular weight excluding hydrogens is 312 g/mol. The fourth-order valence-corrected chi connectivity index (χ4v) is 3.82. The van der Waals surface area contributed by atoms with Crippen molar-refractivity contribution in [2.75, 3.05) is 17.2 Å². The van der Waals surface area contributed by atoms with Crippen molar-refractivity contribution in [1.29, 1.82) is 0 Å². The summed E-state index contributed by atoms with van der Waals surface area (Å²) in [5, 5.41) is 5.07. The topological polar surface area (TPSA) is 80.5 Å². The fraction of sp³-hybridized carbons (Fsp3) is 0.235. The van der Waals surface area contributed by atoms with E-state index >= 15 is 0 Å². The van der Waals surface area contributed by atoms with Gasteiger partial charge in [0, 0.05) is 24.6 Å². The summed E-state index contributed by atoms with van der Waals surface area (Å²) in [6.45, 7) is 0.389. The maximum Gasteiger partial charge on any atom is 0.227 e. The standard InChI is InChI=1S/C17H18N2O3S/c18-23(21,22)12-13-10-17(20)19(11-13)16-8-6-15(7-9-16)14-4-2-1-3-5-14/h1-9,13H,10-12H2,(H2,18,21,22). The molecule has 23 heavy (non-hydrogen) atoms. The Morgan fingerprint density at radius 3 is 2.22 bits per heavy atom. The highest BCUT2D eigenvalue weighted by atomic mass is 32.2. The van der Waals surface area contributed by atoms with Crippen LogP contribution in [0.2, 0.25) is 0 Å². The Labute approximate surface area is 135 Å². The average Bonchev–Trinajstić information content (AvgIpc) is 2.87. The minimum atomic E-state index is -3.56. The van der Waals surface area contributed by atoms with E-state index in [1.54, 1.807) is 4.90 Å². The molecule has 0 aromatic heterocycles. The molecule has 120 valence electrons. The molecule has 0 saturated carbocycles. The SMILES string of the molecule is NS(=O)(=O)CC1CC(=O)N(c2ccc(-c3ccccc3)cc2)C1. The van der Waals surface area contributed by atoms with Gasteiger partial charge < -0.3 is 4.90 Å². The van der Waals surface area contributed by atoms with Gasteiger partial charge in [0.15, 0.2) is 0 Å². The molecule has 1 saturated heterocycles. The zero-order chi connectivity index (χ0) is 16.4. The second-order valence-corrected chi connectivity index (χ2v) is 7.48. The number of sulfonamides is 1. The number of carbonyl (C=O) groups is 1. The van der Waals surface area contributed by atoms with Crippen LogP contribution in [0.5, 0.6) is 0 Å². The van der Waals surface area contributed by atoms with E-state index in [-0.39, 0.29) is 24.0 Å². The average molecular weight is 330 g/mol. The zero-order valence-electron chi connectivity index (χ0n) is 12.6. The van der Waals surface area contributed by atoms with Crippen molar-refractivity contribution >= 4 is 21.6 Å². The number of hydrogen-bond donors (Lipinski definition) is 1. The Morgan fingerprint density at radius 1 is 1.00 bits per heavy atom. The van der Waals surface area contributed by atoms with Gasteiger partial charge in [0.05, 0.1) is 5.75 Å². The van der Waals surface area contributed by atoms with E-state index in [2.05, 4.69) is 0 Å². The van der Waals surface area contributed by atoms with Crippen LogP contribution in [0.4, 0.5) is 5.69 Å². The third-order valence-corrected chi connectivity index (χ3v) is 4.90. The summed E-state index contributed by atoms with van der Waals surface area (Å²) in [6, 6.07) is 17.7. The smallest absolute Gasteiger partial charge is 0.227 e. The van der Waals surface area contributed by atoms with Gasteiger partial charge in [-0.1, -0.05) is 42.5 Å². The second kappa shape index (κ2) is 6.14. The first-order chi connectivity index (χ1) is 10.9. The van der Waals surface area contributed by atoms with Gasteiger partial charge in [-0.2, -0.15) is 0 Å². The minimum Gasteiger partial charge on any atom is -0.312 e. The fourth-order valence-electron chi connectivity index (χ4n) is 2.94. The van der Waals surface area contributed by atoms with Crippen molar-refractivity contribution < 1.29 is 13.2 Å². The van der Waals surface area contributed by atoms with Gasteiger partial charge in [0.25, 0.3) is 0 Å². The molecule has 0 aliphatic carbocycles. The van der Waals surface area contributed by atoms with Crippen LogP contribution >= 0.6 is 0 Å². The van der Waals surface area contributed by atoms with Crippen molar-refractivity contribution in [3.05, 3.63) is 54.6 Å². The molecule has 2 N–H and O–H groups in total. The number of hydrogen-bond acceptors (Lipinski definition) is 3. The van der Waals surface area contributed by atoms with Crippen LogP contribution in [0, 0.1) is 5.92 Å². The molecule has 1 fully saturated rings. The lowest BCUT2D eigenvalue weighted by molar-refractivity contribution is -0.117. The summed E-state index contributed by atoms with van der Waals surface area (Å²) < 4.78 is 22.4. The largest absolute Gasteiger partial charge is 0.312 e. The van der Waals surface area contributed by atoms with Gasteiger partial charge in [0.2, 0.25) is 15.9 Å². The Morgan fingerprint density at radius 2 is 1.61 bits per heavy atom. The first-order valence-corrected chi connectivity index (χ1v) is 9.10. The highest BCUT2D eigenvalue weighted by Crippen LogP contribution is 2.28. The molecular formula is C17H18N2O3S. The molecule has 1 aliphatic rings. The first kappa shape index (κ1) is 15.7. The summed E-state index contributed by atoms with van der Waals surface area (Å²) in [6.07, 6.45) is 0.219. The van der Waals surface area contributed by atoms with Gasteiger partial charge in [-0.3, -0.25) is 4.79 Å². The summed E-state index contributed by atoms with van der Waals surface area (Å²) in [4.78, 5) is 13.7. The second-order valence-electron chi connectivity index (χ2n) is 5.82. The highest BCUT2D eigenvalue weighted by Gasteiger charge is 2.32. The maximum atomic E-state index is 12.1. The van der Waals surface area contributed by atoms with Crippen LogP contribution in [-0.4, -0.2) is 26.6 Å². The van der Waals surface area contributed by atoms with Crippen molar-refractivity contribution in [2.45, 2.75) is 6.42 Å². The Balaban J connectivity index is 1.76. The maximum absolute atomic E-state index is 12.1. The molecule has 2 aromatic rings. The van der Waals surface area contributed by atoms with E-state index in [0.717, 1.165) is 16.8 Å². The highest BCUT2D eigenvalue weighted by molar-refractivity contribution is 7.89. The van der Waals surface area contributed by atoms with Gasteiger partial charge in [-0.05, 0) is 23.3 Å². The summed E-state index contributed by atoms with van der Waals surface area (Å²) in [5.41, 5.74) is 2.97. The number of amides is 1. The summed E-state index contributed by atoms with van der Waals surface area (Å²) in [5.74, 6) is -0.463. The van der Waals surface area contributed by atoms with Gasteiger partial charge in [-0.25, -0.2) is 13.6 Å². The van der Waals surface area contributed by atoms with E-state index in [1.807, 2.05) is 54.6 Å². The van der Waals surface area contributed by atoms with Crippen LogP contribution in [-0.2, 0) is 14.8 Å². The predicted octanol–water partition coefficient (Wildman–Crippen LogP) is 2.00. The molecule has 1 heterocycles. The van der Waals surface area contributed by atoms with Crippen LogP contribution in [0.25, 0.3) is 11.1 Å². The van der Waals surface area contributed by atoms with E-state index in [0.29, 0.717) is 6.54 Å². The van der Waals surface area contributed by atoms with E-state index < -0.39 is 10.0 Å². The molecule has 0 radical (unpaired) electrons. The van der Waals surface area contributed by atoms with Crippen LogP contribution in [0.1, 0.15) is 6.42 Å². The van der Waals surface area contributed by atoms with Crippen molar-refractivity contribution in [1.82, 2.24) is 0 Å². The molecule has 1 atom stereocenters. The third-order valence-electron chi connectivity index (χ3n) is 3.96. The predicted molar refractivity (Wildman–Crippen MR) is 90.3 cm³/mol. The zero-order valence-corrected chi connectivity index (χ0v) is 13.4. The molecule has 6 heteroatoms. The number of primary sulfonamides is 1. The monoisotopic (exact) mass is 330 g/mol. The Hall–Kier alpha value is -2.18.